The van der Waals surface area contributed by atoms with Gasteiger partial charge in [-0.15, -0.1) is 0 Å². The molecular formula is C17H13F3N2O4. The van der Waals surface area contributed by atoms with Crippen LogP contribution >= 0.6 is 0 Å². The van der Waals surface area contributed by atoms with Crippen LogP contribution in [0.25, 0.3) is 6.08 Å². The second-order valence-corrected chi connectivity index (χ2v) is 5.10. The van der Waals surface area contributed by atoms with Gasteiger partial charge < -0.3 is 10.1 Å². The summed E-state index contributed by atoms with van der Waals surface area (Å²) in [4.78, 5) is 22.0. The second-order valence-electron chi connectivity index (χ2n) is 5.10. The van der Waals surface area contributed by atoms with Crippen LogP contribution in [0.5, 0.6) is 5.75 Å². The number of benzene rings is 2. The van der Waals surface area contributed by atoms with Crippen molar-refractivity contribution in [1.82, 2.24) is 0 Å². The maximum Gasteiger partial charge on any atom is 0.422 e. The van der Waals surface area contributed by atoms with E-state index in [1.807, 2.05) is 0 Å². The van der Waals surface area contributed by atoms with Crippen molar-refractivity contribution >= 4 is 23.4 Å². The molecule has 2 aromatic rings. The summed E-state index contributed by atoms with van der Waals surface area (Å²) >= 11 is 0. The first kappa shape index (κ1) is 19.0. The Balaban J connectivity index is 1.93. The zero-order valence-electron chi connectivity index (χ0n) is 13.2. The molecule has 0 aromatic heterocycles. The quantitative estimate of drug-likeness (QED) is 0.472. The highest BCUT2D eigenvalue weighted by atomic mass is 19.4. The van der Waals surface area contributed by atoms with Crippen LogP contribution in [0.3, 0.4) is 0 Å². The maximum absolute atomic E-state index is 12.1. The van der Waals surface area contributed by atoms with Crippen LogP contribution in [0.4, 0.5) is 24.5 Å². The van der Waals surface area contributed by atoms with Crippen molar-refractivity contribution in [2.75, 3.05) is 11.9 Å². The van der Waals surface area contributed by atoms with Crippen molar-refractivity contribution < 1.29 is 27.6 Å². The summed E-state index contributed by atoms with van der Waals surface area (Å²) in [5.41, 5.74) is 0.741. The third kappa shape index (κ3) is 6.27. The average molecular weight is 366 g/mol. The predicted molar refractivity (Wildman–Crippen MR) is 88.8 cm³/mol. The third-order valence-corrected chi connectivity index (χ3v) is 3.03. The predicted octanol–water partition coefficient (Wildman–Crippen LogP) is 4.19. The Morgan fingerprint density at radius 3 is 2.50 bits per heavy atom. The Hall–Kier alpha value is -3.36. The normalized spacial score (nSPS) is 11.3. The van der Waals surface area contributed by atoms with E-state index in [4.69, 9.17) is 0 Å². The number of alkyl halides is 3. The van der Waals surface area contributed by atoms with E-state index < -0.39 is 23.6 Å². The Morgan fingerprint density at radius 2 is 1.88 bits per heavy atom. The SMILES string of the molecule is O=C(/C=C/c1cccc([N+](=O)[O-])c1)Nc1ccc(OCC(F)(F)F)cc1. The molecule has 0 radical (unpaired) electrons. The first-order valence-corrected chi connectivity index (χ1v) is 7.26. The molecule has 2 aromatic carbocycles. The van der Waals surface area contributed by atoms with E-state index in [-0.39, 0.29) is 11.4 Å². The van der Waals surface area contributed by atoms with Crippen molar-refractivity contribution in [2.24, 2.45) is 0 Å². The molecular weight excluding hydrogens is 353 g/mol. The molecule has 0 spiro atoms. The summed E-state index contributed by atoms with van der Waals surface area (Å²) in [6.45, 7) is -1.40. The summed E-state index contributed by atoms with van der Waals surface area (Å²) in [5.74, 6) is -0.479. The number of hydrogen-bond acceptors (Lipinski definition) is 4. The molecule has 0 aliphatic carbocycles. The number of ether oxygens (including phenoxy) is 1. The van der Waals surface area contributed by atoms with Crippen molar-refractivity contribution in [3.05, 3.63) is 70.3 Å². The van der Waals surface area contributed by atoms with Gasteiger partial charge in [0.1, 0.15) is 5.75 Å². The van der Waals surface area contributed by atoms with Gasteiger partial charge in [-0.25, -0.2) is 0 Å². The number of nitro benzene ring substituents is 1. The van der Waals surface area contributed by atoms with E-state index >= 15 is 0 Å². The zero-order chi connectivity index (χ0) is 19.2. The maximum atomic E-state index is 12.1. The number of nitrogens with zero attached hydrogens (tertiary/aromatic N) is 1. The highest BCUT2D eigenvalue weighted by Crippen LogP contribution is 2.20. The number of rotatable bonds is 6. The number of carbonyl (C=O) groups is 1. The lowest BCUT2D eigenvalue weighted by atomic mass is 10.2. The first-order chi connectivity index (χ1) is 12.2. The molecule has 0 bridgehead atoms. The van der Waals surface area contributed by atoms with E-state index in [0.717, 1.165) is 0 Å². The average Bonchev–Trinajstić information content (AvgIpc) is 2.59. The number of amides is 1. The highest BCUT2D eigenvalue weighted by molar-refractivity contribution is 6.01. The van der Waals surface area contributed by atoms with Gasteiger partial charge in [-0.05, 0) is 35.9 Å². The lowest BCUT2D eigenvalue weighted by Crippen LogP contribution is -2.19. The molecule has 136 valence electrons. The molecule has 6 nitrogen and oxygen atoms in total. The van der Waals surface area contributed by atoms with Crippen LogP contribution in [-0.2, 0) is 4.79 Å². The van der Waals surface area contributed by atoms with Gasteiger partial charge in [0.25, 0.3) is 5.69 Å². The molecule has 0 aliphatic heterocycles. The highest BCUT2D eigenvalue weighted by Gasteiger charge is 2.28. The number of anilines is 1. The molecule has 1 N–H and O–H groups in total. The second kappa shape index (κ2) is 8.15. The van der Waals surface area contributed by atoms with E-state index in [1.54, 1.807) is 6.07 Å². The van der Waals surface area contributed by atoms with Gasteiger partial charge in [0, 0.05) is 23.9 Å². The van der Waals surface area contributed by atoms with E-state index in [9.17, 15) is 28.1 Å². The minimum absolute atomic E-state index is 0.0208. The number of nitrogens with one attached hydrogen (secondary N) is 1. The molecule has 9 heteroatoms. The number of halogens is 3. The number of nitro groups is 1. The van der Waals surface area contributed by atoms with Crippen LogP contribution < -0.4 is 10.1 Å². The van der Waals surface area contributed by atoms with Crippen LogP contribution in [0, 0.1) is 10.1 Å². The van der Waals surface area contributed by atoms with Gasteiger partial charge in [0.05, 0.1) is 4.92 Å². The Kier molecular flexibility index (Phi) is 5.94. The monoisotopic (exact) mass is 366 g/mol. The Morgan fingerprint density at radius 1 is 1.19 bits per heavy atom. The van der Waals surface area contributed by atoms with Crippen LogP contribution in [0.2, 0.25) is 0 Å². The lowest BCUT2D eigenvalue weighted by molar-refractivity contribution is -0.384. The van der Waals surface area contributed by atoms with E-state index in [2.05, 4.69) is 10.1 Å². The summed E-state index contributed by atoms with van der Waals surface area (Å²) in [5, 5.41) is 13.2. The standard InChI is InChI=1S/C17H13F3N2O4/c18-17(19,20)11-26-15-7-5-13(6-8-15)21-16(23)9-4-12-2-1-3-14(10-12)22(24)25/h1-10H,11H2,(H,21,23)/b9-4+. The van der Waals surface area contributed by atoms with Gasteiger partial charge in [-0.3, -0.25) is 14.9 Å². The number of carbonyl (C=O) groups excluding carboxylic acids is 1. The van der Waals surface area contributed by atoms with Gasteiger partial charge in [0.15, 0.2) is 6.61 Å². The van der Waals surface area contributed by atoms with Gasteiger partial charge in [-0.2, -0.15) is 13.2 Å². The minimum Gasteiger partial charge on any atom is -0.484 e. The fourth-order valence-electron chi connectivity index (χ4n) is 1.90. The van der Waals surface area contributed by atoms with Gasteiger partial charge >= 0.3 is 6.18 Å². The van der Waals surface area contributed by atoms with Crippen molar-refractivity contribution in [3.8, 4) is 5.75 Å². The van der Waals surface area contributed by atoms with Gasteiger partial charge in [-0.1, -0.05) is 12.1 Å². The Labute approximate surface area is 146 Å². The fourth-order valence-corrected chi connectivity index (χ4v) is 1.90. The summed E-state index contributed by atoms with van der Waals surface area (Å²) in [6.07, 6.45) is -1.83. The zero-order valence-corrected chi connectivity index (χ0v) is 13.2. The number of non-ortho nitro benzene ring substituents is 1. The van der Waals surface area contributed by atoms with Crippen LogP contribution in [0.1, 0.15) is 5.56 Å². The topological polar surface area (TPSA) is 81.5 Å². The van der Waals surface area contributed by atoms with E-state index in [1.165, 1.54) is 54.6 Å². The molecule has 0 heterocycles. The van der Waals surface area contributed by atoms with Crippen LogP contribution in [-0.4, -0.2) is 23.6 Å². The summed E-state index contributed by atoms with van der Waals surface area (Å²) in [7, 11) is 0. The van der Waals surface area contributed by atoms with Crippen molar-refractivity contribution in [3.63, 3.8) is 0 Å². The molecule has 2 rings (SSSR count). The van der Waals surface area contributed by atoms with Crippen LogP contribution in [0.15, 0.2) is 54.6 Å². The largest absolute Gasteiger partial charge is 0.484 e. The van der Waals surface area contributed by atoms with Gasteiger partial charge in [0.2, 0.25) is 5.91 Å². The van der Waals surface area contributed by atoms with E-state index in [0.29, 0.717) is 11.3 Å². The molecule has 0 unspecified atom stereocenters. The molecule has 0 fully saturated rings. The lowest BCUT2D eigenvalue weighted by Gasteiger charge is -2.09. The fraction of sp³-hybridized carbons (Fsp3) is 0.118. The minimum atomic E-state index is -4.43. The molecule has 26 heavy (non-hydrogen) atoms. The summed E-state index contributed by atoms with van der Waals surface area (Å²) < 4.78 is 40.7. The smallest absolute Gasteiger partial charge is 0.422 e. The molecule has 1 amide bonds. The third-order valence-electron chi connectivity index (χ3n) is 3.03. The first-order valence-electron chi connectivity index (χ1n) is 7.26. The number of hydrogen-bond donors (Lipinski definition) is 1. The Bertz CT molecular complexity index is 818. The molecule has 0 atom stereocenters. The van der Waals surface area contributed by atoms with Crippen molar-refractivity contribution in [1.29, 1.82) is 0 Å². The van der Waals surface area contributed by atoms with Crippen molar-refractivity contribution in [2.45, 2.75) is 6.18 Å². The molecule has 0 saturated carbocycles. The molecule has 0 saturated heterocycles. The molecule has 0 aliphatic rings. The summed E-state index contributed by atoms with van der Waals surface area (Å²) in [6, 6.07) is 11.1.